The van der Waals surface area contributed by atoms with Gasteiger partial charge in [-0.05, 0) is 31.4 Å². The van der Waals surface area contributed by atoms with E-state index in [4.69, 9.17) is 5.73 Å². The van der Waals surface area contributed by atoms with Crippen molar-refractivity contribution >= 4 is 11.6 Å². The van der Waals surface area contributed by atoms with E-state index in [0.29, 0.717) is 13.1 Å². The van der Waals surface area contributed by atoms with Crippen molar-refractivity contribution in [2.24, 2.45) is 5.73 Å². The van der Waals surface area contributed by atoms with E-state index in [0.717, 1.165) is 18.4 Å². The molecule has 19 heavy (non-hydrogen) atoms. The summed E-state index contributed by atoms with van der Waals surface area (Å²) in [5.74, 6) is -0.300. The Kier molecular flexibility index (Phi) is 3.80. The number of nitro groups is 1. The van der Waals surface area contributed by atoms with Gasteiger partial charge in [0.25, 0.3) is 11.6 Å². The Bertz CT molecular complexity index is 516. The number of nitrogens with zero attached hydrogens (tertiary/aromatic N) is 2. The number of likely N-dealkylation sites (tertiary alicyclic amines) is 1. The summed E-state index contributed by atoms with van der Waals surface area (Å²) in [6, 6.07) is 4.55. The third kappa shape index (κ3) is 2.90. The quantitative estimate of drug-likeness (QED) is 0.646. The molecule has 6 nitrogen and oxygen atoms in total. The van der Waals surface area contributed by atoms with Gasteiger partial charge in [-0.25, -0.2) is 0 Å². The number of nitro benzene ring substituents is 1. The number of carbonyl (C=O) groups excluding carboxylic acids is 1. The summed E-state index contributed by atoms with van der Waals surface area (Å²) in [5, 5.41) is 11.0. The van der Waals surface area contributed by atoms with Gasteiger partial charge >= 0.3 is 0 Å². The fourth-order valence-electron chi connectivity index (χ4n) is 2.35. The molecule has 0 spiro atoms. The van der Waals surface area contributed by atoms with Gasteiger partial charge in [-0.15, -0.1) is 0 Å². The van der Waals surface area contributed by atoms with Crippen molar-refractivity contribution < 1.29 is 9.72 Å². The van der Waals surface area contributed by atoms with Gasteiger partial charge in [0.2, 0.25) is 0 Å². The van der Waals surface area contributed by atoms with Crippen LogP contribution in [0.5, 0.6) is 0 Å². The van der Waals surface area contributed by atoms with Crippen molar-refractivity contribution in [3.05, 3.63) is 39.4 Å². The van der Waals surface area contributed by atoms with Crippen molar-refractivity contribution in [3.63, 3.8) is 0 Å². The second-order valence-corrected chi connectivity index (χ2v) is 4.93. The Labute approximate surface area is 111 Å². The Morgan fingerprint density at radius 3 is 2.89 bits per heavy atom. The molecule has 0 saturated carbocycles. The lowest BCUT2D eigenvalue weighted by atomic mass is 10.0. The maximum absolute atomic E-state index is 12.4. The maximum atomic E-state index is 12.4. The average Bonchev–Trinajstić information content (AvgIpc) is 2.37. The molecule has 0 aliphatic carbocycles. The van der Waals surface area contributed by atoms with Gasteiger partial charge < -0.3 is 10.6 Å². The van der Waals surface area contributed by atoms with Gasteiger partial charge in [0.1, 0.15) is 5.56 Å². The Morgan fingerprint density at radius 2 is 2.26 bits per heavy atom. The number of rotatable bonds is 2. The largest absolute Gasteiger partial charge is 0.337 e. The number of hydrogen-bond donors (Lipinski definition) is 1. The van der Waals surface area contributed by atoms with E-state index in [1.165, 1.54) is 6.07 Å². The molecule has 1 fully saturated rings. The highest BCUT2D eigenvalue weighted by atomic mass is 16.6. The van der Waals surface area contributed by atoms with Crippen LogP contribution in [0.3, 0.4) is 0 Å². The van der Waals surface area contributed by atoms with E-state index >= 15 is 0 Å². The van der Waals surface area contributed by atoms with Gasteiger partial charge in [0, 0.05) is 25.2 Å². The summed E-state index contributed by atoms with van der Waals surface area (Å²) in [7, 11) is 0. The van der Waals surface area contributed by atoms with Gasteiger partial charge in [0.05, 0.1) is 4.92 Å². The number of aryl methyl sites for hydroxylation is 1. The zero-order valence-electron chi connectivity index (χ0n) is 10.8. The van der Waals surface area contributed by atoms with Crippen molar-refractivity contribution in [3.8, 4) is 0 Å². The minimum atomic E-state index is -0.517. The lowest BCUT2D eigenvalue weighted by Crippen LogP contribution is -2.45. The first kappa shape index (κ1) is 13.5. The molecular formula is C13H17N3O3. The number of benzene rings is 1. The maximum Gasteiger partial charge on any atom is 0.282 e. The Hall–Kier alpha value is -1.95. The second kappa shape index (κ2) is 5.36. The Balaban J connectivity index is 2.32. The molecule has 102 valence electrons. The minimum absolute atomic E-state index is 0.0402. The second-order valence-electron chi connectivity index (χ2n) is 4.93. The standard InChI is InChI=1S/C13H17N3O3/c1-9-4-5-12(16(18)19)11(7-9)13(17)15-6-2-3-10(14)8-15/h4-5,7,10H,2-3,6,8,14H2,1H3. The SMILES string of the molecule is Cc1ccc([N+](=O)[O-])c(C(=O)N2CCCC(N)C2)c1. The first-order valence-electron chi connectivity index (χ1n) is 6.29. The summed E-state index contributed by atoms with van der Waals surface area (Å²) in [4.78, 5) is 24.5. The molecule has 0 radical (unpaired) electrons. The third-order valence-corrected chi connectivity index (χ3v) is 3.32. The smallest absolute Gasteiger partial charge is 0.282 e. The molecule has 1 atom stereocenters. The van der Waals surface area contributed by atoms with E-state index in [-0.39, 0.29) is 23.2 Å². The fraction of sp³-hybridized carbons (Fsp3) is 0.462. The molecule has 1 aliphatic heterocycles. The van der Waals surface area contributed by atoms with E-state index in [1.807, 2.05) is 6.92 Å². The summed E-state index contributed by atoms with van der Waals surface area (Å²) in [6.07, 6.45) is 1.73. The van der Waals surface area contributed by atoms with Crippen LogP contribution in [0.1, 0.15) is 28.8 Å². The topological polar surface area (TPSA) is 89.5 Å². The number of amides is 1. The number of hydrogen-bond acceptors (Lipinski definition) is 4. The molecule has 0 bridgehead atoms. The molecule has 1 unspecified atom stereocenters. The zero-order valence-corrected chi connectivity index (χ0v) is 10.8. The van der Waals surface area contributed by atoms with Gasteiger partial charge in [0.15, 0.2) is 0 Å². The van der Waals surface area contributed by atoms with Crippen LogP contribution in [0.25, 0.3) is 0 Å². The molecular weight excluding hydrogens is 246 g/mol. The van der Waals surface area contributed by atoms with Gasteiger partial charge in [-0.3, -0.25) is 14.9 Å². The molecule has 1 aromatic carbocycles. The van der Waals surface area contributed by atoms with E-state index < -0.39 is 4.92 Å². The highest BCUT2D eigenvalue weighted by Gasteiger charge is 2.27. The number of piperidine rings is 1. The lowest BCUT2D eigenvalue weighted by molar-refractivity contribution is -0.385. The van der Waals surface area contributed by atoms with Crippen molar-refractivity contribution in [1.82, 2.24) is 4.90 Å². The molecule has 1 saturated heterocycles. The van der Waals surface area contributed by atoms with Crippen LogP contribution in [-0.2, 0) is 0 Å². The zero-order chi connectivity index (χ0) is 14.0. The minimum Gasteiger partial charge on any atom is -0.337 e. The van der Waals surface area contributed by atoms with E-state index in [2.05, 4.69) is 0 Å². The van der Waals surface area contributed by atoms with Gasteiger partial charge in [-0.1, -0.05) is 6.07 Å². The van der Waals surface area contributed by atoms with Crippen molar-refractivity contribution in [1.29, 1.82) is 0 Å². The Morgan fingerprint density at radius 1 is 1.53 bits per heavy atom. The predicted molar refractivity (Wildman–Crippen MR) is 70.9 cm³/mol. The summed E-state index contributed by atoms with van der Waals surface area (Å²) >= 11 is 0. The van der Waals surface area contributed by atoms with Crippen molar-refractivity contribution in [2.75, 3.05) is 13.1 Å². The average molecular weight is 263 g/mol. The van der Waals surface area contributed by atoms with Crippen LogP contribution < -0.4 is 5.73 Å². The molecule has 2 rings (SSSR count). The van der Waals surface area contributed by atoms with Crippen LogP contribution in [0.2, 0.25) is 0 Å². The molecule has 1 heterocycles. The van der Waals surface area contributed by atoms with Crippen LogP contribution in [0.15, 0.2) is 18.2 Å². The summed E-state index contributed by atoms with van der Waals surface area (Å²) in [6.45, 7) is 2.88. The molecule has 6 heteroatoms. The summed E-state index contributed by atoms with van der Waals surface area (Å²) in [5.41, 5.74) is 6.68. The van der Waals surface area contributed by atoms with Crippen LogP contribution >= 0.6 is 0 Å². The fourth-order valence-corrected chi connectivity index (χ4v) is 2.35. The molecule has 2 N–H and O–H groups in total. The number of nitrogens with two attached hydrogens (primary N) is 1. The third-order valence-electron chi connectivity index (χ3n) is 3.32. The normalized spacial score (nSPS) is 19.3. The van der Waals surface area contributed by atoms with Gasteiger partial charge in [-0.2, -0.15) is 0 Å². The lowest BCUT2D eigenvalue weighted by Gasteiger charge is -2.30. The highest BCUT2D eigenvalue weighted by molar-refractivity contribution is 5.98. The first-order chi connectivity index (χ1) is 8.99. The van der Waals surface area contributed by atoms with Crippen LogP contribution in [0.4, 0.5) is 5.69 Å². The molecule has 1 aromatic rings. The van der Waals surface area contributed by atoms with Crippen LogP contribution in [-0.4, -0.2) is 34.9 Å². The first-order valence-corrected chi connectivity index (χ1v) is 6.29. The summed E-state index contributed by atoms with van der Waals surface area (Å²) < 4.78 is 0. The molecule has 0 aromatic heterocycles. The molecule has 1 amide bonds. The highest BCUT2D eigenvalue weighted by Crippen LogP contribution is 2.23. The molecule has 1 aliphatic rings. The van der Waals surface area contributed by atoms with E-state index in [9.17, 15) is 14.9 Å². The monoisotopic (exact) mass is 263 g/mol. The van der Waals surface area contributed by atoms with Crippen molar-refractivity contribution in [2.45, 2.75) is 25.8 Å². The number of carbonyl (C=O) groups is 1. The predicted octanol–water partition coefficient (Wildman–Crippen LogP) is 1.47. The van der Waals surface area contributed by atoms with Crippen LogP contribution in [0, 0.1) is 17.0 Å². The van der Waals surface area contributed by atoms with E-state index in [1.54, 1.807) is 17.0 Å².